The molecule has 2 aliphatic rings. The van der Waals surface area contributed by atoms with Crippen LogP contribution in [-0.2, 0) is 21.7 Å². The maximum atomic E-state index is 13.6. The Morgan fingerprint density at radius 3 is 2.62 bits per heavy atom. The Labute approximate surface area is 227 Å². The van der Waals surface area contributed by atoms with Gasteiger partial charge >= 0.3 is 0 Å². The number of likely N-dealkylation sites (tertiary alicyclic amines) is 1. The minimum Gasteiger partial charge on any atom is -0.394 e. The predicted octanol–water partition coefficient (Wildman–Crippen LogP) is 4.20. The minimum atomic E-state index is -1.71. The molecule has 0 aliphatic carbocycles. The van der Waals surface area contributed by atoms with Gasteiger partial charge in [0.15, 0.2) is 5.60 Å². The molecule has 8 heteroatoms. The van der Waals surface area contributed by atoms with Crippen molar-refractivity contribution >= 4 is 62.7 Å². The summed E-state index contributed by atoms with van der Waals surface area (Å²) < 4.78 is 2.06. The smallest absolute Gasteiger partial charge is 0.264 e. The standard InChI is InChI=1S/C26H28I2N2O4/c1-17(4-2-6-24(32)29-13-3-5-21(29)16-31)26(34)22-14-20(28)11-12-23(22)30(25(26)33)15-18-7-9-19(27)10-8-18/h2,4,7-12,14,17,21,31,34H,3,5-6,13,15-16H2,1H3/b4-2+/t17-,21+,26+/m1/s1. The Kier molecular flexibility index (Phi) is 8.00. The largest absolute Gasteiger partial charge is 0.394 e. The molecule has 2 amide bonds. The van der Waals surface area contributed by atoms with Gasteiger partial charge in [0, 0.05) is 31.6 Å². The molecule has 2 N–H and O–H groups in total. The molecule has 0 spiro atoms. The summed E-state index contributed by atoms with van der Waals surface area (Å²) in [4.78, 5) is 29.6. The number of rotatable bonds is 7. The van der Waals surface area contributed by atoms with Gasteiger partial charge in [-0.1, -0.05) is 31.2 Å². The Morgan fingerprint density at radius 1 is 1.21 bits per heavy atom. The molecule has 6 nitrogen and oxygen atoms in total. The highest BCUT2D eigenvalue weighted by Gasteiger charge is 2.52. The topological polar surface area (TPSA) is 81.1 Å². The van der Waals surface area contributed by atoms with Crippen molar-refractivity contribution in [3.63, 3.8) is 0 Å². The van der Waals surface area contributed by atoms with Gasteiger partial charge in [-0.05, 0) is 93.9 Å². The van der Waals surface area contributed by atoms with Crippen LogP contribution in [0.4, 0.5) is 5.69 Å². The summed E-state index contributed by atoms with van der Waals surface area (Å²) in [5.74, 6) is -0.926. The Balaban J connectivity index is 1.55. The number of fused-ring (bicyclic) bond motifs is 1. The molecule has 0 bridgehead atoms. The fourth-order valence-electron chi connectivity index (χ4n) is 4.83. The predicted molar refractivity (Wildman–Crippen MR) is 148 cm³/mol. The van der Waals surface area contributed by atoms with Crippen molar-refractivity contribution in [3.8, 4) is 0 Å². The van der Waals surface area contributed by atoms with Crippen LogP contribution in [0.25, 0.3) is 0 Å². The van der Waals surface area contributed by atoms with Crippen molar-refractivity contribution in [2.45, 2.75) is 44.4 Å². The summed E-state index contributed by atoms with van der Waals surface area (Å²) in [5.41, 5.74) is 0.588. The number of nitrogens with zero attached hydrogens (tertiary/aromatic N) is 2. The van der Waals surface area contributed by atoms with E-state index in [9.17, 15) is 19.8 Å². The molecule has 2 heterocycles. The minimum absolute atomic E-state index is 0.0219. The number of benzene rings is 2. The fourth-order valence-corrected chi connectivity index (χ4v) is 5.68. The molecule has 2 aromatic carbocycles. The Bertz CT molecular complexity index is 1100. The van der Waals surface area contributed by atoms with Gasteiger partial charge in [-0.2, -0.15) is 0 Å². The summed E-state index contributed by atoms with van der Waals surface area (Å²) in [6.07, 6.45) is 5.40. The van der Waals surface area contributed by atoms with E-state index >= 15 is 0 Å². The van der Waals surface area contributed by atoms with Crippen LogP contribution in [0.15, 0.2) is 54.6 Å². The summed E-state index contributed by atoms with van der Waals surface area (Å²) in [6, 6.07) is 13.6. The van der Waals surface area contributed by atoms with Gasteiger partial charge in [-0.25, -0.2) is 0 Å². The molecule has 2 aromatic rings. The molecular formula is C26H28I2N2O4. The van der Waals surface area contributed by atoms with Crippen molar-refractivity contribution in [1.29, 1.82) is 0 Å². The van der Waals surface area contributed by atoms with E-state index in [0.717, 1.165) is 25.5 Å². The van der Waals surface area contributed by atoms with Crippen LogP contribution < -0.4 is 4.90 Å². The normalized spacial score (nSPS) is 23.1. The van der Waals surface area contributed by atoms with Crippen molar-refractivity contribution < 1.29 is 19.8 Å². The van der Waals surface area contributed by atoms with Gasteiger partial charge in [0.25, 0.3) is 5.91 Å². The first-order valence-electron chi connectivity index (χ1n) is 11.4. The fraction of sp³-hybridized carbons (Fsp3) is 0.385. The van der Waals surface area contributed by atoms with E-state index < -0.39 is 11.5 Å². The zero-order chi connectivity index (χ0) is 24.5. The maximum Gasteiger partial charge on any atom is 0.264 e. The highest BCUT2D eigenvalue weighted by molar-refractivity contribution is 14.1. The van der Waals surface area contributed by atoms with Crippen LogP contribution >= 0.6 is 45.2 Å². The van der Waals surface area contributed by atoms with Gasteiger partial charge < -0.3 is 20.0 Å². The number of aliphatic hydroxyl groups is 2. The van der Waals surface area contributed by atoms with Crippen molar-refractivity contribution in [2.75, 3.05) is 18.1 Å². The lowest BCUT2D eigenvalue weighted by atomic mass is 9.83. The SMILES string of the molecule is C[C@H](/C=C/CC(=O)N1CCC[C@H]1CO)[C@@]1(O)C(=O)N(Cc2ccc(I)cc2)c2ccc(I)cc21. The van der Waals surface area contributed by atoms with E-state index in [1.165, 1.54) is 0 Å². The number of halogens is 2. The summed E-state index contributed by atoms with van der Waals surface area (Å²) in [5, 5.41) is 21.3. The molecular weight excluding hydrogens is 658 g/mol. The first-order valence-corrected chi connectivity index (χ1v) is 13.6. The quantitative estimate of drug-likeness (QED) is 0.339. The van der Waals surface area contributed by atoms with E-state index in [1.807, 2.05) is 49.4 Å². The number of aliphatic hydroxyl groups excluding tert-OH is 1. The second-order valence-electron chi connectivity index (χ2n) is 8.93. The number of hydrogen-bond acceptors (Lipinski definition) is 4. The molecule has 3 atom stereocenters. The summed E-state index contributed by atoms with van der Waals surface area (Å²) in [6.45, 7) is 2.82. The van der Waals surface area contributed by atoms with Gasteiger partial charge in [-0.15, -0.1) is 0 Å². The van der Waals surface area contributed by atoms with E-state index in [4.69, 9.17) is 0 Å². The van der Waals surface area contributed by atoms with Crippen LogP contribution in [-0.4, -0.2) is 46.1 Å². The Morgan fingerprint density at radius 2 is 1.91 bits per heavy atom. The van der Waals surface area contributed by atoms with Crippen LogP contribution in [0.1, 0.15) is 37.3 Å². The third kappa shape index (κ3) is 4.91. The maximum absolute atomic E-state index is 13.6. The van der Waals surface area contributed by atoms with Gasteiger partial charge in [0.1, 0.15) is 0 Å². The lowest BCUT2D eigenvalue weighted by Gasteiger charge is -2.28. The van der Waals surface area contributed by atoms with Crippen molar-refractivity contribution in [1.82, 2.24) is 4.90 Å². The second-order valence-corrected chi connectivity index (χ2v) is 11.4. The lowest BCUT2D eigenvalue weighted by molar-refractivity contribution is -0.139. The molecule has 4 rings (SSSR count). The van der Waals surface area contributed by atoms with E-state index in [0.29, 0.717) is 24.3 Å². The zero-order valence-corrected chi connectivity index (χ0v) is 23.3. The van der Waals surface area contributed by atoms with Crippen molar-refractivity contribution in [2.24, 2.45) is 5.92 Å². The first kappa shape index (κ1) is 25.6. The third-order valence-electron chi connectivity index (χ3n) is 6.77. The van der Waals surface area contributed by atoms with E-state index in [-0.39, 0.29) is 30.9 Å². The highest BCUT2D eigenvalue weighted by Crippen LogP contribution is 2.46. The van der Waals surface area contributed by atoms with Gasteiger partial charge in [0.05, 0.1) is 24.9 Å². The average molecular weight is 686 g/mol. The van der Waals surface area contributed by atoms with Crippen LogP contribution in [0, 0.1) is 13.1 Å². The number of amides is 2. The average Bonchev–Trinajstić information content (AvgIpc) is 3.38. The van der Waals surface area contributed by atoms with Gasteiger partial charge in [0.2, 0.25) is 5.91 Å². The molecule has 1 fully saturated rings. The Hall–Kier alpha value is -1.50. The third-order valence-corrected chi connectivity index (χ3v) is 8.16. The molecule has 34 heavy (non-hydrogen) atoms. The lowest BCUT2D eigenvalue weighted by Crippen LogP contribution is -2.44. The monoisotopic (exact) mass is 686 g/mol. The van der Waals surface area contributed by atoms with E-state index in [1.54, 1.807) is 22.0 Å². The highest BCUT2D eigenvalue weighted by atomic mass is 127. The van der Waals surface area contributed by atoms with Crippen LogP contribution in [0.3, 0.4) is 0 Å². The van der Waals surface area contributed by atoms with E-state index in [2.05, 4.69) is 45.2 Å². The molecule has 0 saturated carbocycles. The molecule has 0 radical (unpaired) electrons. The van der Waals surface area contributed by atoms with Gasteiger partial charge in [-0.3, -0.25) is 9.59 Å². The second kappa shape index (κ2) is 10.6. The molecule has 180 valence electrons. The molecule has 1 saturated heterocycles. The zero-order valence-electron chi connectivity index (χ0n) is 19.0. The van der Waals surface area contributed by atoms with Crippen molar-refractivity contribution in [3.05, 3.63) is 72.9 Å². The molecule has 2 aliphatic heterocycles. The van der Waals surface area contributed by atoms with Crippen LogP contribution in [0.5, 0.6) is 0 Å². The number of hydrogen-bond donors (Lipinski definition) is 2. The summed E-state index contributed by atoms with van der Waals surface area (Å²) in [7, 11) is 0. The number of carbonyl (C=O) groups excluding carboxylic acids is 2. The molecule has 0 unspecified atom stereocenters. The summed E-state index contributed by atoms with van der Waals surface area (Å²) >= 11 is 4.44. The van der Waals surface area contributed by atoms with Crippen LogP contribution in [0.2, 0.25) is 0 Å². The molecule has 0 aromatic heterocycles. The number of carbonyl (C=O) groups is 2. The first-order chi connectivity index (χ1) is 16.3. The number of anilines is 1.